The Morgan fingerprint density at radius 2 is 1.88 bits per heavy atom. The van der Waals surface area contributed by atoms with Crippen molar-refractivity contribution >= 4 is 35.1 Å². The number of rotatable bonds is 4. The van der Waals surface area contributed by atoms with E-state index in [9.17, 15) is 14.4 Å². The lowest BCUT2D eigenvalue weighted by molar-refractivity contribution is -0.133. The van der Waals surface area contributed by atoms with Gasteiger partial charge in [0, 0.05) is 10.7 Å². The molecule has 6 nitrogen and oxygen atoms in total. The molecule has 0 aromatic heterocycles. The number of nitrogens with zero attached hydrogens (tertiary/aromatic N) is 1. The number of imide groups is 1. The van der Waals surface area contributed by atoms with Crippen LogP contribution in [-0.2, 0) is 15.1 Å². The zero-order chi connectivity index (χ0) is 18.9. The molecule has 4 amide bonds. The Hall–Kier alpha value is -2.86. The maximum Gasteiger partial charge on any atom is 0.325 e. The summed E-state index contributed by atoms with van der Waals surface area (Å²) < 4.78 is 0. The maximum absolute atomic E-state index is 12.8. The SMILES string of the molecule is Cc1cc(Cl)ccc1NC(=O)CN1C(=O)NC(C)(c2ccccc2)C1=O. The van der Waals surface area contributed by atoms with Gasteiger partial charge in [-0.3, -0.25) is 14.5 Å². The van der Waals surface area contributed by atoms with Crippen molar-refractivity contribution in [3.63, 3.8) is 0 Å². The van der Waals surface area contributed by atoms with Gasteiger partial charge in [-0.25, -0.2) is 4.79 Å². The third kappa shape index (κ3) is 3.28. The molecule has 2 aromatic carbocycles. The number of nitrogens with one attached hydrogen (secondary N) is 2. The molecule has 1 heterocycles. The van der Waals surface area contributed by atoms with Crippen LogP contribution in [0.15, 0.2) is 48.5 Å². The second kappa shape index (κ2) is 6.80. The summed E-state index contributed by atoms with van der Waals surface area (Å²) in [6.07, 6.45) is 0. The first-order chi connectivity index (χ1) is 12.3. The Bertz CT molecular complexity index is 885. The van der Waals surface area contributed by atoms with Crippen LogP contribution in [0.5, 0.6) is 0 Å². The molecule has 1 fully saturated rings. The Balaban J connectivity index is 1.74. The van der Waals surface area contributed by atoms with Gasteiger partial charge < -0.3 is 10.6 Å². The summed E-state index contributed by atoms with van der Waals surface area (Å²) in [6.45, 7) is 3.07. The molecule has 26 heavy (non-hydrogen) atoms. The molecule has 0 saturated carbocycles. The number of halogens is 1. The van der Waals surface area contributed by atoms with Gasteiger partial charge in [0.1, 0.15) is 12.1 Å². The van der Waals surface area contributed by atoms with Crippen molar-refractivity contribution in [1.29, 1.82) is 0 Å². The zero-order valence-corrected chi connectivity index (χ0v) is 15.1. The highest BCUT2D eigenvalue weighted by Crippen LogP contribution is 2.28. The van der Waals surface area contributed by atoms with Crippen molar-refractivity contribution in [1.82, 2.24) is 10.2 Å². The van der Waals surface area contributed by atoms with Gasteiger partial charge in [0.15, 0.2) is 0 Å². The lowest BCUT2D eigenvalue weighted by Crippen LogP contribution is -2.42. The Morgan fingerprint density at radius 3 is 2.54 bits per heavy atom. The van der Waals surface area contributed by atoms with Gasteiger partial charge in [0.05, 0.1) is 0 Å². The van der Waals surface area contributed by atoms with Crippen molar-refractivity contribution in [3.05, 3.63) is 64.7 Å². The van der Waals surface area contributed by atoms with E-state index in [-0.39, 0.29) is 6.54 Å². The molecule has 0 aliphatic carbocycles. The molecule has 0 radical (unpaired) electrons. The fraction of sp³-hybridized carbons (Fsp3) is 0.211. The summed E-state index contributed by atoms with van der Waals surface area (Å²) >= 11 is 5.90. The lowest BCUT2D eigenvalue weighted by atomic mass is 9.92. The topological polar surface area (TPSA) is 78.5 Å². The second-order valence-corrected chi connectivity index (χ2v) is 6.76. The number of amides is 4. The monoisotopic (exact) mass is 371 g/mol. The van der Waals surface area contributed by atoms with E-state index in [0.29, 0.717) is 16.3 Å². The molecule has 1 unspecified atom stereocenters. The number of anilines is 1. The first-order valence-corrected chi connectivity index (χ1v) is 8.45. The van der Waals surface area contributed by atoms with Crippen LogP contribution in [0.25, 0.3) is 0 Å². The number of carbonyl (C=O) groups excluding carboxylic acids is 3. The number of aryl methyl sites for hydroxylation is 1. The lowest BCUT2D eigenvalue weighted by Gasteiger charge is -2.22. The standard InChI is InChI=1S/C19H18ClN3O3/c1-12-10-14(20)8-9-15(12)21-16(24)11-23-17(25)19(2,22-18(23)26)13-6-4-3-5-7-13/h3-10H,11H2,1-2H3,(H,21,24)(H,22,26). The van der Waals surface area contributed by atoms with E-state index in [4.69, 9.17) is 11.6 Å². The van der Waals surface area contributed by atoms with E-state index in [2.05, 4.69) is 10.6 Å². The third-order valence-electron chi connectivity index (χ3n) is 4.39. The third-order valence-corrected chi connectivity index (χ3v) is 4.63. The summed E-state index contributed by atoms with van der Waals surface area (Å²) in [5.74, 6) is -0.923. The Morgan fingerprint density at radius 1 is 1.19 bits per heavy atom. The van der Waals surface area contributed by atoms with Crippen LogP contribution in [0.1, 0.15) is 18.1 Å². The number of urea groups is 1. The largest absolute Gasteiger partial charge is 0.325 e. The summed E-state index contributed by atoms with van der Waals surface area (Å²) in [6, 6.07) is 13.4. The molecule has 0 spiro atoms. The van der Waals surface area contributed by atoms with Crippen LogP contribution in [0.2, 0.25) is 5.02 Å². The molecule has 1 aliphatic rings. The summed E-state index contributed by atoms with van der Waals surface area (Å²) in [7, 11) is 0. The van der Waals surface area contributed by atoms with Gasteiger partial charge in [0.25, 0.3) is 5.91 Å². The molecule has 0 bridgehead atoms. The van der Waals surface area contributed by atoms with Gasteiger partial charge in [-0.1, -0.05) is 41.9 Å². The van der Waals surface area contributed by atoms with Crippen LogP contribution in [0, 0.1) is 6.92 Å². The summed E-state index contributed by atoms with van der Waals surface area (Å²) in [5.41, 5.74) is 0.846. The second-order valence-electron chi connectivity index (χ2n) is 6.32. The fourth-order valence-electron chi connectivity index (χ4n) is 2.91. The molecule has 2 N–H and O–H groups in total. The summed E-state index contributed by atoms with van der Waals surface area (Å²) in [5, 5.41) is 5.94. The minimum Gasteiger partial charge on any atom is -0.324 e. The van der Waals surface area contributed by atoms with Crippen LogP contribution < -0.4 is 10.6 Å². The Labute approximate surface area is 156 Å². The minimum absolute atomic E-state index is 0.366. The predicted octanol–water partition coefficient (Wildman–Crippen LogP) is 3.05. The van der Waals surface area contributed by atoms with E-state index >= 15 is 0 Å². The quantitative estimate of drug-likeness (QED) is 0.811. The van der Waals surface area contributed by atoms with E-state index in [1.165, 1.54) is 0 Å². The van der Waals surface area contributed by atoms with Crippen LogP contribution in [0.4, 0.5) is 10.5 Å². The first-order valence-electron chi connectivity index (χ1n) is 8.07. The average molecular weight is 372 g/mol. The molecular formula is C19H18ClN3O3. The number of hydrogen-bond acceptors (Lipinski definition) is 3. The molecular weight excluding hydrogens is 354 g/mol. The number of benzene rings is 2. The van der Waals surface area contributed by atoms with Crippen molar-refractivity contribution in [2.45, 2.75) is 19.4 Å². The molecule has 3 rings (SSSR count). The van der Waals surface area contributed by atoms with E-state index in [1.807, 2.05) is 13.0 Å². The predicted molar refractivity (Wildman–Crippen MR) is 98.9 cm³/mol. The smallest absolute Gasteiger partial charge is 0.324 e. The van der Waals surface area contributed by atoms with E-state index in [0.717, 1.165) is 10.5 Å². The molecule has 1 saturated heterocycles. The number of carbonyl (C=O) groups is 3. The maximum atomic E-state index is 12.8. The molecule has 134 valence electrons. The van der Waals surface area contributed by atoms with Gasteiger partial charge >= 0.3 is 6.03 Å². The van der Waals surface area contributed by atoms with Gasteiger partial charge in [0.2, 0.25) is 5.91 Å². The average Bonchev–Trinajstić information content (AvgIpc) is 2.82. The zero-order valence-electron chi connectivity index (χ0n) is 14.4. The van der Waals surface area contributed by atoms with E-state index < -0.39 is 23.4 Å². The minimum atomic E-state index is -1.19. The van der Waals surface area contributed by atoms with Crippen molar-refractivity contribution in [2.75, 3.05) is 11.9 Å². The highest BCUT2D eigenvalue weighted by molar-refractivity contribution is 6.30. The Kier molecular flexibility index (Phi) is 4.70. The molecule has 1 atom stereocenters. The van der Waals surface area contributed by atoms with Gasteiger partial charge in [-0.2, -0.15) is 0 Å². The molecule has 2 aromatic rings. The van der Waals surface area contributed by atoms with Gasteiger partial charge in [-0.05, 0) is 43.2 Å². The fourth-order valence-corrected chi connectivity index (χ4v) is 3.14. The van der Waals surface area contributed by atoms with Crippen molar-refractivity contribution < 1.29 is 14.4 Å². The van der Waals surface area contributed by atoms with Crippen LogP contribution >= 0.6 is 11.6 Å². The first kappa shape index (κ1) is 17.9. The molecule has 1 aliphatic heterocycles. The van der Waals surface area contributed by atoms with Crippen molar-refractivity contribution in [3.8, 4) is 0 Å². The van der Waals surface area contributed by atoms with Crippen LogP contribution in [-0.4, -0.2) is 29.3 Å². The van der Waals surface area contributed by atoms with Gasteiger partial charge in [-0.15, -0.1) is 0 Å². The highest BCUT2D eigenvalue weighted by atomic mass is 35.5. The van der Waals surface area contributed by atoms with Crippen molar-refractivity contribution in [2.24, 2.45) is 0 Å². The summed E-state index contributed by atoms with van der Waals surface area (Å²) in [4.78, 5) is 38.3. The normalized spacial score (nSPS) is 19.4. The molecule has 7 heteroatoms. The highest BCUT2D eigenvalue weighted by Gasteiger charge is 2.49. The van der Waals surface area contributed by atoms with E-state index in [1.54, 1.807) is 49.4 Å². The number of hydrogen-bond donors (Lipinski definition) is 2. The van der Waals surface area contributed by atoms with Crippen LogP contribution in [0.3, 0.4) is 0 Å².